The molecular weight excluding hydrogens is 595 g/mol. The molecule has 9 aromatic rings. The summed E-state index contributed by atoms with van der Waals surface area (Å²) in [4.78, 5) is 0. The second kappa shape index (κ2) is 11.2. The lowest BCUT2D eigenvalue weighted by molar-refractivity contribution is 0.443. The van der Waals surface area contributed by atoms with Crippen molar-refractivity contribution in [3.05, 3.63) is 193 Å². The summed E-state index contributed by atoms with van der Waals surface area (Å²) in [5.41, 5.74) is 8.35. The maximum absolute atomic E-state index is 3.93. The van der Waals surface area contributed by atoms with Crippen molar-refractivity contribution in [3.8, 4) is 5.69 Å². The third kappa shape index (κ3) is 4.55. The van der Waals surface area contributed by atoms with Gasteiger partial charge in [0, 0.05) is 27.7 Å². The number of fused-ring (bicyclic) bond motifs is 8. The molecule has 3 nitrogen and oxygen atoms in total. The van der Waals surface area contributed by atoms with Crippen molar-refractivity contribution < 1.29 is 0 Å². The predicted octanol–water partition coefficient (Wildman–Crippen LogP) is 11.2. The molecule has 1 aliphatic heterocycles. The summed E-state index contributed by atoms with van der Waals surface area (Å²) in [5, 5.41) is 17.9. The first-order valence-corrected chi connectivity index (χ1v) is 17.0. The van der Waals surface area contributed by atoms with Crippen molar-refractivity contribution in [1.82, 2.24) is 15.2 Å². The highest BCUT2D eigenvalue weighted by Crippen LogP contribution is 2.41. The number of hydrogen-bond donors (Lipinski definition) is 2. The highest BCUT2D eigenvalue weighted by Gasteiger charge is 2.25. The van der Waals surface area contributed by atoms with Crippen LogP contribution in [-0.4, -0.2) is 4.57 Å². The Hall–Kier alpha value is -6.16. The molecule has 2 atom stereocenters. The van der Waals surface area contributed by atoms with Gasteiger partial charge in [-0.15, -0.1) is 0 Å². The summed E-state index contributed by atoms with van der Waals surface area (Å²) in [5.74, 6) is 0. The second-order valence-corrected chi connectivity index (χ2v) is 13.0. The molecule has 0 fully saturated rings. The lowest BCUT2D eigenvalue weighted by atomic mass is 9.95. The van der Waals surface area contributed by atoms with Crippen LogP contribution >= 0.6 is 0 Å². The van der Waals surface area contributed by atoms with Gasteiger partial charge in [0.1, 0.15) is 6.17 Å². The van der Waals surface area contributed by atoms with Crippen molar-refractivity contribution >= 4 is 59.8 Å². The molecule has 1 aromatic heterocycles. The normalized spacial score (nSPS) is 16.4. The van der Waals surface area contributed by atoms with E-state index in [1.165, 1.54) is 70.8 Å². The van der Waals surface area contributed by atoms with Crippen LogP contribution in [0.1, 0.15) is 28.9 Å². The van der Waals surface area contributed by atoms with Gasteiger partial charge in [-0.2, -0.15) is 0 Å². The highest BCUT2D eigenvalue weighted by molar-refractivity contribution is 6.28. The average Bonchev–Trinajstić information content (AvgIpc) is 3.53. The van der Waals surface area contributed by atoms with E-state index in [9.17, 15) is 0 Å². The molecule has 8 aromatic carbocycles. The highest BCUT2D eigenvalue weighted by atomic mass is 15.2. The minimum atomic E-state index is -0.0557. The van der Waals surface area contributed by atoms with Gasteiger partial charge in [-0.05, 0) is 73.8 Å². The first-order valence-electron chi connectivity index (χ1n) is 17.0. The van der Waals surface area contributed by atoms with Crippen LogP contribution in [0.15, 0.2) is 176 Å². The van der Waals surface area contributed by atoms with E-state index in [2.05, 4.69) is 191 Å². The molecule has 0 amide bonds. The van der Waals surface area contributed by atoms with Gasteiger partial charge < -0.3 is 9.88 Å². The van der Waals surface area contributed by atoms with Gasteiger partial charge in [-0.3, -0.25) is 5.32 Å². The standard InChI is InChI=1S/C46H33N3/c1-2-15-33(16-3-1)46-47-40(29-41(48-46)39-23-11-17-30-12-4-7-20-36(30)39)34-18-10-19-35(28-34)49-42-26-24-31-13-5-8-21-37(31)44(42)45-38-22-9-6-14-32(38)25-27-43(45)49/h1-29,40,46-48H. The lowest BCUT2D eigenvalue weighted by Crippen LogP contribution is -2.39. The van der Waals surface area contributed by atoms with Gasteiger partial charge in [0.15, 0.2) is 0 Å². The van der Waals surface area contributed by atoms with E-state index in [1.54, 1.807) is 0 Å². The van der Waals surface area contributed by atoms with Crippen LogP contribution in [0.3, 0.4) is 0 Å². The zero-order valence-corrected chi connectivity index (χ0v) is 26.8. The van der Waals surface area contributed by atoms with Crippen LogP contribution in [-0.2, 0) is 0 Å². The number of benzene rings is 8. The Morgan fingerprint density at radius 1 is 0.449 bits per heavy atom. The Morgan fingerprint density at radius 2 is 1.00 bits per heavy atom. The van der Waals surface area contributed by atoms with E-state index >= 15 is 0 Å². The average molecular weight is 628 g/mol. The van der Waals surface area contributed by atoms with E-state index in [1.807, 2.05) is 0 Å². The Kier molecular flexibility index (Phi) is 6.39. The van der Waals surface area contributed by atoms with E-state index in [4.69, 9.17) is 0 Å². The summed E-state index contributed by atoms with van der Waals surface area (Å²) in [7, 11) is 0. The monoisotopic (exact) mass is 627 g/mol. The van der Waals surface area contributed by atoms with Crippen molar-refractivity contribution in [3.63, 3.8) is 0 Å². The SMILES string of the molecule is C1=C(c2cccc3ccccc23)NC(c2ccccc2)NC1c1cccc(-n2c3ccc4ccccc4c3c3c4ccccc4ccc32)c1. The molecule has 0 saturated carbocycles. The fourth-order valence-electron chi connectivity index (χ4n) is 7.97. The van der Waals surface area contributed by atoms with Crippen LogP contribution in [0, 0.1) is 0 Å². The molecule has 2 heterocycles. The molecule has 3 heteroatoms. The molecule has 2 N–H and O–H groups in total. The van der Waals surface area contributed by atoms with Crippen LogP contribution in [0.2, 0.25) is 0 Å². The van der Waals surface area contributed by atoms with Gasteiger partial charge in [0.05, 0.1) is 17.1 Å². The fourth-order valence-corrected chi connectivity index (χ4v) is 7.97. The molecule has 49 heavy (non-hydrogen) atoms. The molecule has 10 rings (SSSR count). The van der Waals surface area contributed by atoms with Gasteiger partial charge in [-0.1, -0.05) is 146 Å². The molecular formula is C46H33N3. The maximum Gasteiger partial charge on any atom is 0.104 e. The summed E-state index contributed by atoms with van der Waals surface area (Å²) in [6.45, 7) is 0. The number of nitrogens with one attached hydrogen (secondary N) is 2. The van der Waals surface area contributed by atoms with Gasteiger partial charge in [-0.25, -0.2) is 0 Å². The molecule has 0 spiro atoms. The summed E-state index contributed by atoms with van der Waals surface area (Å²) in [6, 6.07) is 61.6. The Balaban J connectivity index is 1.18. The van der Waals surface area contributed by atoms with Crippen LogP contribution in [0.5, 0.6) is 0 Å². The molecule has 0 radical (unpaired) electrons. The van der Waals surface area contributed by atoms with Crippen LogP contribution in [0.4, 0.5) is 0 Å². The zero-order valence-electron chi connectivity index (χ0n) is 26.8. The van der Waals surface area contributed by atoms with Gasteiger partial charge in [0.25, 0.3) is 0 Å². The van der Waals surface area contributed by atoms with Crippen LogP contribution < -0.4 is 10.6 Å². The summed E-state index contributed by atoms with van der Waals surface area (Å²) >= 11 is 0. The third-order valence-corrected chi connectivity index (χ3v) is 10.2. The van der Waals surface area contributed by atoms with Crippen LogP contribution in [0.25, 0.3) is 65.5 Å². The quantitative estimate of drug-likeness (QED) is 0.203. The lowest BCUT2D eigenvalue weighted by Gasteiger charge is -2.33. The minimum absolute atomic E-state index is 0.0184. The molecule has 0 bridgehead atoms. The Labute approximate surface area is 284 Å². The number of hydrogen-bond acceptors (Lipinski definition) is 2. The summed E-state index contributed by atoms with van der Waals surface area (Å²) in [6.07, 6.45) is 2.30. The molecule has 2 unspecified atom stereocenters. The van der Waals surface area contributed by atoms with E-state index in [0.29, 0.717) is 0 Å². The largest absolute Gasteiger partial charge is 0.366 e. The third-order valence-electron chi connectivity index (χ3n) is 10.2. The van der Waals surface area contributed by atoms with Gasteiger partial charge in [0.2, 0.25) is 0 Å². The first-order chi connectivity index (χ1) is 24.3. The Morgan fingerprint density at radius 3 is 1.69 bits per heavy atom. The molecule has 0 aliphatic carbocycles. The first kappa shape index (κ1) is 27.9. The molecule has 0 saturated heterocycles. The zero-order chi connectivity index (χ0) is 32.3. The fraction of sp³-hybridized carbons (Fsp3) is 0.0435. The minimum Gasteiger partial charge on any atom is -0.366 e. The summed E-state index contributed by atoms with van der Waals surface area (Å²) < 4.78 is 2.46. The smallest absolute Gasteiger partial charge is 0.104 e. The molecule has 232 valence electrons. The van der Waals surface area contributed by atoms with Crippen molar-refractivity contribution in [2.24, 2.45) is 0 Å². The van der Waals surface area contributed by atoms with E-state index in [0.717, 1.165) is 11.4 Å². The van der Waals surface area contributed by atoms with E-state index < -0.39 is 0 Å². The molecule has 1 aliphatic rings. The predicted molar refractivity (Wildman–Crippen MR) is 206 cm³/mol. The Bertz CT molecular complexity index is 2640. The number of aromatic nitrogens is 1. The van der Waals surface area contributed by atoms with Crippen molar-refractivity contribution in [2.75, 3.05) is 0 Å². The number of rotatable bonds is 4. The van der Waals surface area contributed by atoms with Gasteiger partial charge >= 0.3 is 0 Å². The number of nitrogens with zero attached hydrogens (tertiary/aromatic N) is 1. The topological polar surface area (TPSA) is 29.0 Å². The second-order valence-electron chi connectivity index (χ2n) is 13.0. The van der Waals surface area contributed by atoms with Crippen molar-refractivity contribution in [2.45, 2.75) is 12.2 Å². The van der Waals surface area contributed by atoms with E-state index in [-0.39, 0.29) is 12.2 Å². The van der Waals surface area contributed by atoms with Crippen molar-refractivity contribution in [1.29, 1.82) is 0 Å². The maximum atomic E-state index is 3.93.